The number of hydrogen-bond donors (Lipinski definition) is 1. The maximum absolute atomic E-state index is 12.8. The van der Waals surface area contributed by atoms with E-state index < -0.39 is 20.0 Å². The van der Waals surface area contributed by atoms with E-state index in [4.69, 9.17) is 4.74 Å². The SMILES string of the molecule is CCN(CCCNC(=O)c1cc(S(=O)(=O)N2CCOCC2)ccc1C)S(C)(=O)=O. The van der Waals surface area contributed by atoms with E-state index in [0.29, 0.717) is 38.3 Å². The van der Waals surface area contributed by atoms with Gasteiger partial charge in [0.05, 0.1) is 24.4 Å². The fourth-order valence-electron chi connectivity index (χ4n) is 3.05. The van der Waals surface area contributed by atoms with Gasteiger partial charge >= 0.3 is 0 Å². The lowest BCUT2D eigenvalue weighted by Crippen LogP contribution is -2.40. The highest BCUT2D eigenvalue weighted by Crippen LogP contribution is 2.20. The number of sulfonamides is 2. The van der Waals surface area contributed by atoms with E-state index in [-0.39, 0.29) is 36.0 Å². The van der Waals surface area contributed by atoms with Crippen molar-refractivity contribution in [3.63, 3.8) is 0 Å². The average Bonchev–Trinajstić information content (AvgIpc) is 2.67. The number of nitrogens with one attached hydrogen (secondary N) is 1. The molecular formula is C18H29N3O6S2. The molecule has 1 aliphatic heterocycles. The van der Waals surface area contributed by atoms with Crippen molar-refractivity contribution in [2.24, 2.45) is 0 Å². The molecule has 1 aromatic carbocycles. The molecule has 1 N–H and O–H groups in total. The first-order chi connectivity index (χ1) is 13.6. The number of benzene rings is 1. The molecule has 1 fully saturated rings. The molecule has 0 atom stereocenters. The Labute approximate surface area is 173 Å². The summed E-state index contributed by atoms with van der Waals surface area (Å²) >= 11 is 0. The molecule has 0 bridgehead atoms. The van der Waals surface area contributed by atoms with Crippen molar-refractivity contribution in [3.8, 4) is 0 Å². The molecule has 9 nitrogen and oxygen atoms in total. The average molecular weight is 448 g/mol. The van der Waals surface area contributed by atoms with Gasteiger partial charge in [0.15, 0.2) is 0 Å². The van der Waals surface area contributed by atoms with Crippen molar-refractivity contribution in [1.82, 2.24) is 13.9 Å². The Hall–Kier alpha value is -1.53. The van der Waals surface area contributed by atoms with Crippen LogP contribution in [0.1, 0.15) is 29.3 Å². The van der Waals surface area contributed by atoms with Crippen LogP contribution in [-0.4, -0.2) is 83.5 Å². The van der Waals surface area contributed by atoms with Gasteiger partial charge in [-0.2, -0.15) is 4.31 Å². The summed E-state index contributed by atoms with van der Waals surface area (Å²) in [5.74, 6) is -0.385. The Balaban J connectivity index is 2.04. The van der Waals surface area contributed by atoms with Crippen LogP contribution in [0.2, 0.25) is 0 Å². The number of hydrogen-bond acceptors (Lipinski definition) is 6. The van der Waals surface area contributed by atoms with E-state index in [1.54, 1.807) is 19.9 Å². The minimum atomic E-state index is -3.69. The number of nitrogens with zero attached hydrogens (tertiary/aromatic N) is 2. The molecule has 0 unspecified atom stereocenters. The van der Waals surface area contributed by atoms with Crippen molar-refractivity contribution < 1.29 is 26.4 Å². The molecule has 1 amide bonds. The summed E-state index contributed by atoms with van der Waals surface area (Å²) in [6.07, 6.45) is 1.61. The van der Waals surface area contributed by atoms with Gasteiger partial charge < -0.3 is 10.1 Å². The molecule has 164 valence electrons. The third-order valence-electron chi connectivity index (χ3n) is 4.75. The maximum atomic E-state index is 12.8. The zero-order valence-electron chi connectivity index (χ0n) is 17.0. The monoisotopic (exact) mass is 447 g/mol. The van der Waals surface area contributed by atoms with Crippen molar-refractivity contribution in [3.05, 3.63) is 29.3 Å². The molecule has 1 saturated heterocycles. The minimum Gasteiger partial charge on any atom is -0.379 e. The number of aryl methyl sites for hydroxylation is 1. The molecule has 0 saturated carbocycles. The van der Waals surface area contributed by atoms with Crippen LogP contribution in [0.4, 0.5) is 0 Å². The van der Waals surface area contributed by atoms with E-state index in [9.17, 15) is 21.6 Å². The summed E-state index contributed by atoms with van der Waals surface area (Å²) < 4.78 is 56.7. The molecular weight excluding hydrogens is 418 g/mol. The van der Waals surface area contributed by atoms with Crippen LogP contribution in [0.15, 0.2) is 23.1 Å². The second kappa shape index (κ2) is 9.98. The fourth-order valence-corrected chi connectivity index (χ4v) is 5.42. The number of carbonyl (C=O) groups excluding carboxylic acids is 1. The third-order valence-corrected chi connectivity index (χ3v) is 8.03. The second-order valence-corrected chi connectivity index (χ2v) is 10.8. The summed E-state index contributed by atoms with van der Waals surface area (Å²) in [5.41, 5.74) is 0.949. The van der Waals surface area contributed by atoms with Crippen LogP contribution < -0.4 is 5.32 Å². The highest BCUT2D eigenvalue weighted by molar-refractivity contribution is 7.89. The summed E-state index contributed by atoms with van der Waals surface area (Å²) in [6, 6.07) is 4.51. The van der Waals surface area contributed by atoms with Gasteiger partial charge in [0.25, 0.3) is 5.91 Å². The lowest BCUT2D eigenvalue weighted by atomic mass is 10.1. The number of carbonyl (C=O) groups is 1. The molecule has 0 aliphatic carbocycles. The molecule has 29 heavy (non-hydrogen) atoms. The standard InChI is InChI=1S/C18H29N3O6S2/c1-4-20(28(3,23)24)9-5-8-19-18(22)17-14-16(7-6-15(17)2)29(25,26)21-10-12-27-13-11-21/h6-7,14H,4-5,8-13H2,1-3H3,(H,19,22). The van der Waals surface area contributed by atoms with Crippen LogP contribution in [0.25, 0.3) is 0 Å². The summed E-state index contributed by atoms with van der Waals surface area (Å²) in [6.45, 7) is 5.71. The van der Waals surface area contributed by atoms with Crippen LogP contribution in [0.3, 0.4) is 0 Å². The summed E-state index contributed by atoms with van der Waals surface area (Å²) in [7, 11) is -6.96. The van der Waals surface area contributed by atoms with Gasteiger partial charge in [0.1, 0.15) is 0 Å². The lowest BCUT2D eigenvalue weighted by Gasteiger charge is -2.26. The Morgan fingerprint density at radius 2 is 1.86 bits per heavy atom. The first kappa shape index (κ1) is 23.7. The van der Waals surface area contributed by atoms with E-state index in [1.807, 2.05) is 0 Å². The predicted molar refractivity (Wildman–Crippen MR) is 110 cm³/mol. The summed E-state index contributed by atoms with van der Waals surface area (Å²) in [4.78, 5) is 12.6. The highest BCUT2D eigenvalue weighted by Gasteiger charge is 2.27. The maximum Gasteiger partial charge on any atom is 0.251 e. The number of ether oxygens (including phenoxy) is 1. The smallest absolute Gasteiger partial charge is 0.251 e. The van der Waals surface area contributed by atoms with Crippen molar-refractivity contribution in [1.29, 1.82) is 0 Å². The Bertz CT molecular complexity index is 925. The quantitative estimate of drug-likeness (QED) is 0.549. The third kappa shape index (κ3) is 6.22. The number of rotatable bonds is 9. The molecule has 1 heterocycles. The van der Waals surface area contributed by atoms with Gasteiger partial charge in [-0.05, 0) is 31.0 Å². The van der Waals surface area contributed by atoms with Gasteiger partial charge in [-0.15, -0.1) is 0 Å². The number of morpholine rings is 1. The van der Waals surface area contributed by atoms with Crippen LogP contribution >= 0.6 is 0 Å². The zero-order valence-corrected chi connectivity index (χ0v) is 18.7. The minimum absolute atomic E-state index is 0.0735. The largest absolute Gasteiger partial charge is 0.379 e. The predicted octanol–water partition coefficient (Wildman–Crippen LogP) is 0.417. The van der Waals surface area contributed by atoms with Gasteiger partial charge in [-0.25, -0.2) is 21.1 Å². The summed E-state index contributed by atoms with van der Waals surface area (Å²) in [5, 5.41) is 2.74. The molecule has 1 aliphatic rings. The van der Waals surface area contributed by atoms with E-state index >= 15 is 0 Å². The van der Waals surface area contributed by atoms with Gasteiger partial charge in [-0.3, -0.25) is 4.79 Å². The Morgan fingerprint density at radius 3 is 2.45 bits per heavy atom. The van der Waals surface area contributed by atoms with Crippen molar-refractivity contribution in [2.75, 3.05) is 52.2 Å². The molecule has 2 rings (SSSR count). The molecule has 1 aromatic rings. The van der Waals surface area contributed by atoms with Gasteiger partial charge in [0, 0.05) is 38.3 Å². The second-order valence-electron chi connectivity index (χ2n) is 6.86. The fraction of sp³-hybridized carbons (Fsp3) is 0.611. The Morgan fingerprint density at radius 1 is 1.21 bits per heavy atom. The van der Waals surface area contributed by atoms with Gasteiger partial charge in [0.2, 0.25) is 20.0 Å². The van der Waals surface area contributed by atoms with Crippen molar-refractivity contribution in [2.45, 2.75) is 25.2 Å². The van der Waals surface area contributed by atoms with Crippen molar-refractivity contribution >= 4 is 26.0 Å². The molecule has 11 heteroatoms. The van der Waals surface area contributed by atoms with Crippen LogP contribution in [-0.2, 0) is 24.8 Å². The van der Waals surface area contributed by atoms with Crippen LogP contribution in [0.5, 0.6) is 0 Å². The number of amides is 1. The van der Waals surface area contributed by atoms with E-state index in [0.717, 1.165) is 6.26 Å². The first-order valence-electron chi connectivity index (χ1n) is 9.49. The lowest BCUT2D eigenvalue weighted by molar-refractivity contribution is 0.0730. The molecule has 0 aromatic heterocycles. The van der Waals surface area contributed by atoms with E-state index in [2.05, 4.69) is 5.32 Å². The Kier molecular flexibility index (Phi) is 8.18. The molecule has 0 radical (unpaired) electrons. The topological polar surface area (TPSA) is 113 Å². The van der Waals surface area contributed by atoms with E-state index in [1.165, 1.54) is 20.7 Å². The van der Waals surface area contributed by atoms with Gasteiger partial charge in [-0.1, -0.05) is 13.0 Å². The van der Waals surface area contributed by atoms with Crippen LogP contribution in [0, 0.1) is 6.92 Å². The normalized spacial score (nSPS) is 16.1. The zero-order chi connectivity index (χ0) is 21.7. The first-order valence-corrected chi connectivity index (χ1v) is 12.8. The molecule has 0 spiro atoms. The highest BCUT2D eigenvalue weighted by atomic mass is 32.2.